The zero-order valence-corrected chi connectivity index (χ0v) is 13.3. The molecule has 0 aliphatic heterocycles. The number of pyridine rings is 1. The SMILES string of the molecule is CCC(CCBr)NCc1ncc(C)c(OC)c1C. The van der Waals surface area contributed by atoms with Crippen LogP contribution in [-0.4, -0.2) is 23.5 Å². The molecule has 3 nitrogen and oxygen atoms in total. The summed E-state index contributed by atoms with van der Waals surface area (Å²) in [7, 11) is 1.71. The first-order chi connectivity index (χ1) is 8.63. The van der Waals surface area contributed by atoms with Crippen LogP contribution >= 0.6 is 15.9 Å². The summed E-state index contributed by atoms with van der Waals surface area (Å²) in [5.74, 6) is 0.954. The van der Waals surface area contributed by atoms with Crippen LogP contribution in [0.1, 0.15) is 36.6 Å². The predicted octanol–water partition coefficient (Wildman–Crippen LogP) is 3.36. The Morgan fingerprint density at radius 3 is 2.72 bits per heavy atom. The highest BCUT2D eigenvalue weighted by Crippen LogP contribution is 2.23. The van der Waals surface area contributed by atoms with Crippen LogP contribution in [0, 0.1) is 13.8 Å². The van der Waals surface area contributed by atoms with E-state index in [1.54, 1.807) is 7.11 Å². The van der Waals surface area contributed by atoms with Crippen molar-refractivity contribution in [3.63, 3.8) is 0 Å². The Kier molecular flexibility index (Phi) is 6.65. The second-order valence-corrected chi connectivity index (χ2v) is 5.30. The summed E-state index contributed by atoms with van der Waals surface area (Å²) in [5, 5.41) is 4.58. The molecule has 1 heterocycles. The van der Waals surface area contributed by atoms with Crippen molar-refractivity contribution in [2.24, 2.45) is 0 Å². The number of aryl methyl sites for hydroxylation is 1. The smallest absolute Gasteiger partial charge is 0.128 e. The van der Waals surface area contributed by atoms with Gasteiger partial charge in [-0.15, -0.1) is 0 Å². The number of nitrogens with zero attached hydrogens (tertiary/aromatic N) is 1. The average Bonchev–Trinajstić information content (AvgIpc) is 2.37. The van der Waals surface area contributed by atoms with Crippen molar-refractivity contribution in [1.82, 2.24) is 10.3 Å². The van der Waals surface area contributed by atoms with Crippen LogP contribution in [0.2, 0.25) is 0 Å². The molecule has 0 fully saturated rings. The van der Waals surface area contributed by atoms with E-state index in [2.05, 4.69) is 40.1 Å². The van der Waals surface area contributed by atoms with Gasteiger partial charge in [0, 0.05) is 35.2 Å². The number of nitrogens with one attached hydrogen (secondary N) is 1. The van der Waals surface area contributed by atoms with Crippen LogP contribution in [-0.2, 0) is 6.54 Å². The molecular formula is C14H23BrN2O. The van der Waals surface area contributed by atoms with E-state index in [0.717, 1.165) is 47.3 Å². The number of ether oxygens (including phenoxy) is 1. The van der Waals surface area contributed by atoms with Gasteiger partial charge in [0.1, 0.15) is 5.75 Å². The molecule has 1 N–H and O–H groups in total. The molecule has 0 bridgehead atoms. The van der Waals surface area contributed by atoms with Crippen molar-refractivity contribution in [2.75, 3.05) is 12.4 Å². The van der Waals surface area contributed by atoms with Gasteiger partial charge in [-0.25, -0.2) is 0 Å². The number of halogens is 1. The Balaban J connectivity index is 2.73. The molecule has 1 aromatic rings. The van der Waals surface area contributed by atoms with Crippen molar-refractivity contribution in [3.05, 3.63) is 23.0 Å². The third kappa shape index (κ3) is 3.95. The summed E-state index contributed by atoms with van der Waals surface area (Å²) in [6, 6.07) is 0.540. The van der Waals surface area contributed by atoms with Crippen molar-refractivity contribution in [3.8, 4) is 5.75 Å². The number of rotatable bonds is 7. The Morgan fingerprint density at radius 2 is 2.17 bits per heavy atom. The fourth-order valence-electron chi connectivity index (χ4n) is 2.07. The maximum absolute atomic E-state index is 5.42. The van der Waals surface area contributed by atoms with E-state index < -0.39 is 0 Å². The summed E-state index contributed by atoms with van der Waals surface area (Å²) in [4.78, 5) is 4.50. The Bertz CT molecular complexity index is 382. The largest absolute Gasteiger partial charge is 0.496 e. The van der Waals surface area contributed by atoms with Gasteiger partial charge < -0.3 is 10.1 Å². The molecule has 18 heavy (non-hydrogen) atoms. The van der Waals surface area contributed by atoms with E-state index in [1.165, 1.54) is 0 Å². The number of aromatic nitrogens is 1. The van der Waals surface area contributed by atoms with Gasteiger partial charge in [0.25, 0.3) is 0 Å². The first-order valence-electron chi connectivity index (χ1n) is 6.42. The minimum Gasteiger partial charge on any atom is -0.496 e. The van der Waals surface area contributed by atoms with E-state index in [4.69, 9.17) is 4.74 Å². The van der Waals surface area contributed by atoms with Crippen molar-refractivity contribution in [1.29, 1.82) is 0 Å². The second kappa shape index (κ2) is 7.74. The molecule has 1 unspecified atom stereocenters. The lowest BCUT2D eigenvalue weighted by molar-refractivity contribution is 0.405. The van der Waals surface area contributed by atoms with Gasteiger partial charge in [-0.3, -0.25) is 4.98 Å². The maximum atomic E-state index is 5.42. The molecule has 0 aromatic carbocycles. The standard InChI is InChI=1S/C14H23BrN2O/c1-5-12(6-7-15)16-9-13-11(3)14(18-4)10(2)8-17-13/h8,12,16H,5-7,9H2,1-4H3. The molecule has 0 amide bonds. The van der Waals surface area contributed by atoms with Gasteiger partial charge in [-0.05, 0) is 26.7 Å². The summed E-state index contributed by atoms with van der Waals surface area (Å²) >= 11 is 3.49. The van der Waals surface area contributed by atoms with Gasteiger partial charge >= 0.3 is 0 Å². The van der Waals surface area contributed by atoms with Gasteiger partial charge in [0.2, 0.25) is 0 Å². The lowest BCUT2D eigenvalue weighted by atomic mass is 10.1. The second-order valence-electron chi connectivity index (χ2n) is 4.51. The molecule has 4 heteroatoms. The Morgan fingerprint density at radius 1 is 1.44 bits per heavy atom. The van der Waals surface area contributed by atoms with Crippen LogP contribution < -0.4 is 10.1 Å². The molecule has 1 rings (SSSR count). The number of hydrogen-bond acceptors (Lipinski definition) is 3. The van der Waals surface area contributed by atoms with Crippen LogP contribution in [0.5, 0.6) is 5.75 Å². The van der Waals surface area contributed by atoms with Crippen LogP contribution in [0.25, 0.3) is 0 Å². The summed E-state index contributed by atoms with van der Waals surface area (Å²) in [5.41, 5.74) is 3.30. The normalized spacial score (nSPS) is 12.5. The quantitative estimate of drug-likeness (QED) is 0.784. The zero-order chi connectivity index (χ0) is 13.5. The third-order valence-corrected chi connectivity index (χ3v) is 3.72. The van der Waals surface area contributed by atoms with Gasteiger partial charge in [0.15, 0.2) is 0 Å². The maximum Gasteiger partial charge on any atom is 0.128 e. The minimum atomic E-state index is 0.540. The van der Waals surface area contributed by atoms with E-state index >= 15 is 0 Å². The molecule has 0 aliphatic carbocycles. The molecule has 0 saturated heterocycles. The van der Waals surface area contributed by atoms with Crippen LogP contribution in [0.4, 0.5) is 0 Å². The monoisotopic (exact) mass is 314 g/mol. The van der Waals surface area contributed by atoms with E-state index in [0.29, 0.717) is 6.04 Å². The molecule has 0 saturated carbocycles. The Labute approximate surface area is 118 Å². The highest BCUT2D eigenvalue weighted by molar-refractivity contribution is 9.09. The topological polar surface area (TPSA) is 34.2 Å². The molecule has 0 spiro atoms. The minimum absolute atomic E-state index is 0.540. The molecular weight excluding hydrogens is 292 g/mol. The average molecular weight is 315 g/mol. The van der Waals surface area contributed by atoms with Crippen molar-refractivity contribution in [2.45, 2.75) is 46.2 Å². The molecule has 1 atom stereocenters. The van der Waals surface area contributed by atoms with Gasteiger partial charge in [-0.2, -0.15) is 0 Å². The highest BCUT2D eigenvalue weighted by atomic mass is 79.9. The lowest BCUT2D eigenvalue weighted by Crippen LogP contribution is -2.29. The fourth-order valence-corrected chi connectivity index (χ4v) is 2.63. The Hall–Kier alpha value is -0.610. The third-order valence-electron chi connectivity index (χ3n) is 3.26. The fraction of sp³-hybridized carbons (Fsp3) is 0.643. The first-order valence-corrected chi connectivity index (χ1v) is 7.54. The lowest BCUT2D eigenvalue weighted by Gasteiger charge is -2.17. The van der Waals surface area contributed by atoms with Crippen molar-refractivity contribution < 1.29 is 4.74 Å². The number of methoxy groups -OCH3 is 1. The van der Waals surface area contributed by atoms with Crippen LogP contribution in [0.3, 0.4) is 0 Å². The summed E-state index contributed by atoms with van der Waals surface area (Å²) in [6.45, 7) is 7.10. The summed E-state index contributed by atoms with van der Waals surface area (Å²) < 4.78 is 5.42. The highest BCUT2D eigenvalue weighted by Gasteiger charge is 2.11. The molecule has 1 aromatic heterocycles. The van der Waals surface area contributed by atoms with Gasteiger partial charge in [0.05, 0.1) is 12.8 Å². The summed E-state index contributed by atoms with van der Waals surface area (Å²) in [6.07, 6.45) is 4.15. The van der Waals surface area contributed by atoms with Gasteiger partial charge in [-0.1, -0.05) is 22.9 Å². The zero-order valence-electron chi connectivity index (χ0n) is 11.7. The first kappa shape index (κ1) is 15.4. The van der Waals surface area contributed by atoms with E-state index in [-0.39, 0.29) is 0 Å². The molecule has 0 radical (unpaired) electrons. The van der Waals surface area contributed by atoms with Crippen molar-refractivity contribution >= 4 is 15.9 Å². The van der Waals surface area contributed by atoms with Crippen LogP contribution in [0.15, 0.2) is 6.20 Å². The van der Waals surface area contributed by atoms with E-state index in [1.807, 2.05) is 13.1 Å². The molecule has 0 aliphatic rings. The number of hydrogen-bond donors (Lipinski definition) is 1. The predicted molar refractivity (Wildman–Crippen MR) is 79.6 cm³/mol. The van der Waals surface area contributed by atoms with E-state index in [9.17, 15) is 0 Å². The number of alkyl halides is 1. The molecule has 102 valence electrons.